The number of halogens is 1. The van der Waals surface area contributed by atoms with Crippen LogP contribution in [0.25, 0.3) is 5.52 Å². The van der Waals surface area contributed by atoms with Gasteiger partial charge < -0.3 is 14.9 Å². The molecule has 0 amide bonds. The van der Waals surface area contributed by atoms with E-state index in [0.29, 0.717) is 19.0 Å². The van der Waals surface area contributed by atoms with Crippen LogP contribution >= 0.6 is 15.9 Å². The lowest BCUT2D eigenvalue weighted by Crippen LogP contribution is -2.67. The molecular weight excluding hydrogens is 544 g/mol. The number of rotatable bonds is 6. The number of imidazole rings is 1. The van der Waals surface area contributed by atoms with E-state index >= 15 is 0 Å². The van der Waals surface area contributed by atoms with Gasteiger partial charge in [0, 0.05) is 17.8 Å². The molecular formula is C29H35BrN4O2Si. The predicted octanol–water partition coefficient (Wildman–Crippen LogP) is 5.22. The Morgan fingerprint density at radius 2 is 1.68 bits per heavy atom. The maximum absolute atomic E-state index is 7.12. The van der Waals surface area contributed by atoms with Gasteiger partial charge in [-0.15, -0.1) is 0 Å². The Kier molecular flexibility index (Phi) is 7.28. The van der Waals surface area contributed by atoms with Crippen molar-refractivity contribution in [3.8, 4) is 0 Å². The topological polar surface area (TPSA) is 74.7 Å². The van der Waals surface area contributed by atoms with Crippen LogP contribution in [0.4, 0.5) is 5.82 Å². The molecule has 0 radical (unpaired) electrons. The summed E-state index contributed by atoms with van der Waals surface area (Å²) in [6.45, 7) is 10.1. The van der Waals surface area contributed by atoms with E-state index in [0.717, 1.165) is 34.5 Å². The second-order valence-electron chi connectivity index (χ2n) is 10.9. The first-order valence-corrected chi connectivity index (χ1v) is 15.6. The molecule has 2 unspecified atom stereocenters. The van der Waals surface area contributed by atoms with Gasteiger partial charge in [0.2, 0.25) is 0 Å². The molecule has 0 saturated carbocycles. The van der Waals surface area contributed by atoms with Crippen molar-refractivity contribution < 1.29 is 9.16 Å². The lowest BCUT2D eigenvalue weighted by molar-refractivity contribution is -0.0246. The maximum atomic E-state index is 7.12. The van der Waals surface area contributed by atoms with Crippen molar-refractivity contribution in [2.24, 2.45) is 0 Å². The Hall–Kier alpha value is -2.52. The monoisotopic (exact) mass is 578 g/mol. The predicted molar refractivity (Wildman–Crippen MR) is 155 cm³/mol. The van der Waals surface area contributed by atoms with E-state index in [1.807, 2.05) is 6.92 Å². The summed E-state index contributed by atoms with van der Waals surface area (Å²) in [5.41, 5.74) is 7.99. The Labute approximate surface area is 228 Å². The number of nitrogen functional groups attached to an aromatic ring is 1. The zero-order valence-electron chi connectivity index (χ0n) is 21.9. The molecule has 1 fully saturated rings. The molecule has 8 heteroatoms. The Morgan fingerprint density at radius 3 is 2.22 bits per heavy atom. The maximum Gasteiger partial charge on any atom is 0.261 e. The standard InChI is InChI=1S/C29H35BrN4O2Si/c1-20-17-32-27(31)25-26(30)33-28(34(20)25)21-15-16-22(35-18-21)19-36-37(29(2,3)4,23-11-7-5-8-12-23)24-13-9-6-10-14-24/h5-14,17,21-22H,15-16,18-19H2,1-4H3,(H2,31,32). The Balaban J connectivity index is 1.37. The Morgan fingerprint density at radius 1 is 1.05 bits per heavy atom. The largest absolute Gasteiger partial charge is 0.405 e. The van der Waals surface area contributed by atoms with Gasteiger partial charge in [0.05, 0.1) is 19.3 Å². The normalized spacial score (nSPS) is 18.8. The highest BCUT2D eigenvalue weighted by molar-refractivity contribution is 9.10. The van der Waals surface area contributed by atoms with Crippen molar-refractivity contribution in [1.29, 1.82) is 0 Å². The van der Waals surface area contributed by atoms with E-state index in [1.165, 1.54) is 10.4 Å². The van der Waals surface area contributed by atoms with Crippen LogP contribution in [0.2, 0.25) is 5.04 Å². The van der Waals surface area contributed by atoms with Crippen LogP contribution in [0.15, 0.2) is 71.5 Å². The summed E-state index contributed by atoms with van der Waals surface area (Å²) in [5.74, 6) is 1.63. The first-order chi connectivity index (χ1) is 17.7. The van der Waals surface area contributed by atoms with Crippen LogP contribution in [0.5, 0.6) is 0 Å². The van der Waals surface area contributed by atoms with Crippen LogP contribution in [0.1, 0.15) is 51.0 Å². The lowest BCUT2D eigenvalue weighted by Gasteiger charge is -2.44. The van der Waals surface area contributed by atoms with E-state index in [-0.39, 0.29) is 17.1 Å². The number of nitrogens with two attached hydrogens (primary N) is 1. The first-order valence-electron chi connectivity index (χ1n) is 12.9. The highest BCUT2D eigenvalue weighted by atomic mass is 79.9. The van der Waals surface area contributed by atoms with Gasteiger partial charge in [-0.3, -0.25) is 4.40 Å². The van der Waals surface area contributed by atoms with Gasteiger partial charge >= 0.3 is 0 Å². The molecule has 2 N–H and O–H groups in total. The summed E-state index contributed by atoms with van der Waals surface area (Å²) >= 11 is 3.58. The second-order valence-corrected chi connectivity index (χ2v) is 16.0. The van der Waals surface area contributed by atoms with Crippen LogP contribution in [-0.2, 0) is 9.16 Å². The van der Waals surface area contributed by atoms with Gasteiger partial charge in [0.25, 0.3) is 8.32 Å². The van der Waals surface area contributed by atoms with Crippen molar-refractivity contribution in [1.82, 2.24) is 14.4 Å². The molecule has 5 rings (SSSR count). The molecule has 2 atom stereocenters. The number of hydrogen-bond acceptors (Lipinski definition) is 5. The summed E-state index contributed by atoms with van der Waals surface area (Å²) in [6.07, 6.45) is 3.72. The molecule has 2 aromatic heterocycles. The minimum absolute atomic E-state index is 0.0420. The molecule has 37 heavy (non-hydrogen) atoms. The Bertz CT molecular complexity index is 1320. The SMILES string of the molecule is Cc1cnc(N)c2c(Br)nc(C3CCC(CO[Si](c4ccccc4)(c4ccccc4)C(C)(C)C)OC3)n12. The van der Waals surface area contributed by atoms with E-state index < -0.39 is 8.32 Å². The summed E-state index contributed by atoms with van der Waals surface area (Å²) in [7, 11) is -2.58. The van der Waals surface area contributed by atoms with Crippen molar-refractivity contribution >= 4 is 46.0 Å². The van der Waals surface area contributed by atoms with Crippen molar-refractivity contribution in [2.45, 2.75) is 57.6 Å². The van der Waals surface area contributed by atoms with Crippen LogP contribution < -0.4 is 16.1 Å². The zero-order chi connectivity index (χ0) is 26.2. The average molecular weight is 580 g/mol. The number of benzene rings is 2. The third kappa shape index (κ3) is 4.76. The van der Waals surface area contributed by atoms with Crippen molar-refractivity contribution in [2.75, 3.05) is 18.9 Å². The third-order valence-corrected chi connectivity index (χ3v) is 13.0. The summed E-state index contributed by atoms with van der Waals surface area (Å²) < 4.78 is 16.4. The molecule has 0 aliphatic carbocycles. The van der Waals surface area contributed by atoms with E-state index in [9.17, 15) is 0 Å². The number of fused-ring (bicyclic) bond motifs is 1. The van der Waals surface area contributed by atoms with Gasteiger partial charge in [0.1, 0.15) is 15.9 Å². The number of aromatic nitrogens is 3. The minimum Gasteiger partial charge on any atom is -0.405 e. The molecule has 1 aliphatic rings. The average Bonchev–Trinajstić information content (AvgIpc) is 3.26. The highest BCUT2D eigenvalue weighted by Crippen LogP contribution is 2.38. The van der Waals surface area contributed by atoms with E-state index in [4.69, 9.17) is 19.9 Å². The number of anilines is 1. The van der Waals surface area contributed by atoms with Crippen LogP contribution in [-0.4, -0.2) is 42.0 Å². The third-order valence-electron chi connectivity index (χ3n) is 7.48. The molecule has 3 heterocycles. The molecule has 0 bridgehead atoms. The van der Waals surface area contributed by atoms with Gasteiger partial charge in [-0.1, -0.05) is 81.4 Å². The zero-order valence-corrected chi connectivity index (χ0v) is 24.5. The van der Waals surface area contributed by atoms with Crippen molar-refractivity contribution in [3.05, 3.63) is 83.0 Å². The van der Waals surface area contributed by atoms with Gasteiger partial charge in [-0.2, -0.15) is 0 Å². The fourth-order valence-electron chi connectivity index (χ4n) is 5.66. The molecule has 194 valence electrons. The number of aryl methyl sites for hydroxylation is 1. The van der Waals surface area contributed by atoms with E-state index in [2.05, 4.69) is 107 Å². The molecule has 6 nitrogen and oxygen atoms in total. The summed E-state index contributed by atoms with van der Waals surface area (Å²) in [4.78, 5) is 9.11. The number of nitrogens with zero attached hydrogens (tertiary/aromatic N) is 3. The van der Waals surface area contributed by atoms with Crippen LogP contribution in [0, 0.1) is 6.92 Å². The smallest absolute Gasteiger partial charge is 0.261 e. The summed E-state index contributed by atoms with van der Waals surface area (Å²) in [5, 5.41) is 2.52. The first kappa shape index (κ1) is 26.1. The number of ether oxygens (including phenoxy) is 1. The quantitative estimate of drug-likeness (QED) is 0.317. The summed E-state index contributed by atoms with van der Waals surface area (Å²) in [6, 6.07) is 21.5. The van der Waals surface area contributed by atoms with E-state index in [1.54, 1.807) is 6.20 Å². The molecule has 2 aromatic carbocycles. The molecule has 0 spiro atoms. The lowest BCUT2D eigenvalue weighted by atomic mass is 9.98. The minimum atomic E-state index is -2.58. The van der Waals surface area contributed by atoms with Crippen LogP contribution in [0.3, 0.4) is 0 Å². The van der Waals surface area contributed by atoms with Crippen molar-refractivity contribution in [3.63, 3.8) is 0 Å². The van der Waals surface area contributed by atoms with Gasteiger partial charge in [0.15, 0.2) is 5.82 Å². The fourth-order valence-corrected chi connectivity index (χ4v) is 10.8. The number of hydrogen-bond donors (Lipinski definition) is 1. The molecule has 1 saturated heterocycles. The fraction of sp³-hybridized carbons (Fsp3) is 0.379. The van der Waals surface area contributed by atoms with Gasteiger partial charge in [-0.05, 0) is 51.1 Å². The molecule has 1 aliphatic heterocycles. The second kappa shape index (κ2) is 10.3. The molecule has 4 aromatic rings. The highest BCUT2D eigenvalue weighted by Gasteiger charge is 2.50. The van der Waals surface area contributed by atoms with Gasteiger partial charge in [-0.25, -0.2) is 9.97 Å².